The summed E-state index contributed by atoms with van der Waals surface area (Å²) in [4.78, 5) is 22.4. The Balaban J connectivity index is 1.94. The lowest BCUT2D eigenvalue weighted by Gasteiger charge is -2.10. The minimum atomic E-state index is -0.903. The van der Waals surface area contributed by atoms with Crippen molar-refractivity contribution in [3.05, 3.63) is 28.2 Å². The summed E-state index contributed by atoms with van der Waals surface area (Å²) >= 11 is 3.36. The van der Waals surface area contributed by atoms with E-state index in [0.717, 1.165) is 10.0 Å². The number of benzene rings is 1. The highest BCUT2D eigenvalue weighted by Gasteiger charge is 2.48. The predicted molar refractivity (Wildman–Crippen MR) is 71.8 cm³/mol. The summed E-state index contributed by atoms with van der Waals surface area (Å²) in [5, 5.41) is 11.5. The zero-order chi connectivity index (χ0) is 14.0. The molecule has 5 nitrogen and oxygen atoms in total. The van der Waals surface area contributed by atoms with Crippen LogP contribution in [0.4, 0.5) is 0 Å². The van der Waals surface area contributed by atoms with E-state index in [1.54, 1.807) is 7.11 Å². The molecule has 1 fully saturated rings. The van der Waals surface area contributed by atoms with Gasteiger partial charge in [-0.15, -0.1) is 0 Å². The van der Waals surface area contributed by atoms with E-state index in [2.05, 4.69) is 21.2 Å². The first-order chi connectivity index (χ1) is 9.02. The van der Waals surface area contributed by atoms with Gasteiger partial charge in [0.2, 0.25) is 5.91 Å². The second-order valence-corrected chi connectivity index (χ2v) is 5.38. The number of methoxy groups -OCH3 is 1. The summed E-state index contributed by atoms with van der Waals surface area (Å²) in [5.74, 6) is -1.34. The zero-order valence-electron chi connectivity index (χ0n) is 10.4. The quantitative estimate of drug-likeness (QED) is 0.864. The number of halogens is 1. The predicted octanol–water partition coefficient (Wildman–Crippen LogP) is 1.79. The van der Waals surface area contributed by atoms with Crippen molar-refractivity contribution >= 4 is 27.8 Å². The standard InChI is InChI=1S/C13H14BrNO4/c1-19-11-3-2-8(14)4-7(11)6-15-12(16)9-5-10(9)13(17)18/h2-4,9-10H,5-6H2,1H3,(H,15,16)(H,17,18). The molecule has 0 aromatic heterocycles. The third-order valence-corrected chi connectivity index (χ3v) is 3.63. The summed E-state index contributed by atoms with van der Waals surface area (Å²) in [5.41, 5.74) is 0.845. The highest BCUT2D eigenvalue weighted by atomic mass is 79.9. The van der Waals surface area contributed by atoms with Crippen molar-refractivity contribution in [2.75, 3.05) is 7.11 Å². The van der Waals surface area contributed by atoms with Gasteiger partial charge in [-0.05, 0) is 24.6 Å². The Morgan fingerprint density at radius 1 is 1.47 bits per heavy atom. The van der Waals surface area contributed by atoms with Gasteiger partial charge in [0.15, 0.2) is 0 Å². The van der Waals surface area contributed by atoms with Crippen molar-refractivity contribution in [3.8, 4) is 5.75 Å². The van der Waals surface area contributed by atoms with Crippen molar-refractivity contribution < 1.29 is 19.4 Å². The van der Waals surface area contributed by atoms with E-state index >= 15 is 0 Å². The van der Waals surface area contributed by atoms with Crippen LogP contribution >= 0.6 is 15.9 Å². The lowest BCUT2D eigenvalue weighted by Crippen LogP contribution is -2.26. The van der Waals surface area contributed by atoms with Gasteiger partial charge in [-0.1, -0.05) is 15.9 Å². The maximum atomic E-state index is 11.8. The van der Waals surface area contributed by atoms with Gasteiger partial charge in [0.05, 0.1) is 18.9 Å². The van der Waals surface area contributed by atoms with Gasteiger partial charge in [-0.25, -0.2) is 0 Å². The van der Waals surface area contributed by atoms with Crippen LogP contribution in [0.1, 0.15) is 12.0 Å². The number of hydrogen-bond acceptors (Lipinski definition) is 3. The Morgan fingerprint density at radius 3 is 2.79 bits per heavy atom. The van der Waals surface area contributed by atoms with Gasteiger partial charge >= 0.3 is 5.97 Å². The number of amides is 1. The minimum absolute atomic E-state index is 0.213. The van der Waals surface area contributed by atoms with Gasteiger partial charge < -0.3 is 15.2 Å². The number of carboxylic acids is 1. The molecule has 0 spiro atoms. The lowest BCUT2D eigenvalue weighted by molar-refractivity contribution is -0.140. The molecule has 0 heterocycles. The Bertz CT molecular complexity index is 517. The van der Waals surface area contributed by atoms with E-state index in [4.69, 9.17) is 9.84 Å². The Hall–Kier alpha value is -1.56. The topological polar surface area (TPSA) is 75.6 Å². The van der Waals surface area contributed by atoms with Crippen LogP contribution in [-0.2, 0) is 16.1 Å². The molecule has 102 valence electrons. The Morgan fingerprint density at radius 2 is 2.21 bits per heavy atom. The highest BCUT2D eigenvalue weighted by Crippen LogP contribution is 2.38. The number of carbonyl (C=O) groups excluding carboxylic acids is 1. The van der Waals surface area contributed by atoms with Gasteiger partial charge in [0.25, 0.3) is 0 Å². The molecule has 0 aliphatic heterocycles. The molecule has 6 heteroatoms. The monoisotopic (exact) mass is 327 g/mol. The molecule has 1 aliphatic rings. The molecule has 1 aromatic rings. The lowest BCUT2D eigenvalue weighted by atomic mass is 10.2. The molecule has 0 radical (unpaired) electrons. The maximum Gasteiger partial charge on any atom is 0.307 e. The van der Waals surface area contributed by atoms with Crippen LogP contribution in [0.3, 0.4) is 0 Å². The number of aliphatic carboxylic acids is 1. The van der Waals surface area contributed by atoms with Gasteiger partial charge in [-0.2, -0.15) is 0 Å². The fraction of sp³-hybridized carbons (Fsp3) is 0.385. The summed E-state index contributed by atoms with van der Waals surface area (Å²) < 4.78 is 6.10. The molecule has 2 atom stereocenters. The number of rotatable bonds is 5. The smallest absolute Gasteiger partial charge is 0.307 e. The molecule has 19 heavy (non-hydrogen) atoms. The second kappa shape index (κ2) is 5.61. The van der Waals surface area contributed by atoms with Crippen LogP contribution in [0.15, 0.2) is 22.7 Å². The molecule has 0 saturated heterocycles. The number of nitrogens with one attached hydrogen (secondary N) is 1. The number of hydrogen-bond donors (Lipinski definition) is 2. The van der Waals surface area contributed by atoms with Crippen LogP contribution in [0.5, 0.6) is 5.75 Å². The number of carbonyl (C=O) groups is 2. The molecule has 1 aliphatic carbocycles. The van der Waals surface area contributed by atoms with Crippen LogP contribution in [0.2, 0.25) is 0 Å². The van der Waals surface area contributed by atoms with E-state index in [0.29, 0.717) is 18.7 Å². The minimum Gasteiger partial charge on any atom is -0.496 e. The fourth-order valence-electron chi connectivity index (χ4n) is 1.96. The van der Waals surface area contributed by atoms with Crippen LogP contribution < -0.4 is 10.1 Å². The Labute approximate surface area is 119 Å². The maximum absolute atomic E-state index is 11.8. The molecular formula is C13H14BrNO4. The summed E-state index contributed by atoms with van der Waals surface area (Å²) in [6.45, 7) is 0.324. The number of carboxylic acid groups (broad SMARTS) is 1. The molecule has 1 saturated carbocycles. The third kappa shape index (κ3) is 3.26. The van der Waals surface area contributed by atoms with Gasteiger partial charge in [0, 0.05) is 16.6 Å². The second-order valence-electron chi connectivity index (χ2n) is 4.46. The van der Waals surface area contributed by atoms with Crippen LogP contribution in [0.25, 0.3) is 0 Å². The average molecular weight is 328 g/mol. The van der Waals surface area contributed by atoms with E-state index in [1.807, 2.05) is 18.2 Å². The van der Waals surface area contributed by atoms with E-state index in [9.17, 15) is 9.59 Å². The number of ether oxygens (including phenoxy) is 1. The van der Waals surface area contributed by atoms with Crippen molar-refractivity contribution in [1.82, 2.24) is 5.32 Å². The first kappa shape index (κ1) is 13.9. The third-order valence-electron chi connectivity index (χ3n) is 3.14. The molecule has 1 amide bonds. The van der Waals surface area contributed by atoms with Crippen molar-refractivity contribution in [2.45, 2.75) is 13.0 Å². The van der Waals surface area contributed by atoms with Gasteiger partial charge in [-0.3, -0.25) is 9.59 Å². The van der Waals surface area contributed by atoms with Gasteiger partial charge in [0.1, 0.15) is 5.75 Å². The summed E-state index contributed by atoms with van der Waals surface area (Å²) in [7, 11) is 1.57. The molecule has 2 N–H and O–H groups in total. The largest absolute Gasteiger partial charge is 0.496 e. The van der Waals surface area contributed by atoms with Crippen molar-refractivity contribution in [2.24, 2.45) is 11.8 Å². The molecule has 2 rings (SSSR count). The van der Waals surface area contributed by atoms with E-state index in [1.165, 1.54) is 0 Å². The van der Waals surface area contributed by atoms with E-state index < -0.39 is 17.8 Å². The molecular weight excluding hydrogens is 314 g/mol. The first-order valence-electron chi connectivity index (χ1n) is 5.86. The SMILES string of the molecule is COc1ccc(Br)cc1CNC(=O)C1CC1C(=O)O. The fourth-order valence-corrected chi connectivity index (χ4v) is 2.36. The summed E-state index contributed by atoms with van der Waals surface area (Å²) in [6.07, 6.45) is 0.427. The summed E-state index contributed by atoms with van der Waals surface area (Å²) in [6, 6.07) is 5.52. The van der Waals surface area contributed by atoms with E-state index in [-0.39, 0.29) is 5.91 Å². The molecule has 2 unspecified atom stereocenters. The molecule has 0 bridgehead atoms. The normalized spacial score (nSPS) is 20.7. The van der Waals surface area contributed by atoms with Crippen molar-refractivity contribution in [1.29, 1.82) is 0 Å². The highest BCUT2D eigenvalue weighted by molar-refractivity contribution is 9.10. The van der Waals surface area contributed by atoms with Crippen molar-refractivity contribution in [3.63, 3.8) is 0 Å². The average Bonchev–Trinajstić information content (AvgIpc) is 3.16. The zero-order valence-corrected chi connectivity index (χ0v) is 11.9. The Kier molecular flexibility index (Phi) is 4.09. The first-order valence-corrected chi connectivity index (χ1v) is 6.65. The molecule has 1 aromatic carbocycles. The van der Waals surface area contributed by atoms with Crippen LogP contribution in [-0.4, -0.2) is 24.1 Å². The van der Waals surface area contributed by atoms with Crippen LogP contribution in [0, 0.1) is 11.8 Å².